The smallest absolute Gasteiger partial charge is 0.306 e. The molecule has 3 aliphatic carbocycles. The molecular formula is C44H62F2N4O9S. The molecule has 1 saturated heterocycles. The zero-order valence-corrected chi connectivity index (χ0v) is 36.9. The number of carbonyl (C=O) groups excluding carboxylic acids is 4. The fraction of sp³-hybridized carbons (Fsp3) is 0.727. The number of unbranched alkanes of at least 4 members (excludes halogenated alkanes) is 2. The highest BCUT2D eigenvalue weighted by Gasteiger charge is 2.67. The quantitative estimate of drug-likeness (QED) is 0.101. The number of fused-ring (bicyclic) bond motifs is 1. The Morgan fingerprint density at radius 1 is 1.03 bits per heavy atom. The molecular weight excluding hydrogens is 799 g/mol. The number of aryl methyl sites for hydroxylation is 1. The minimum absolute atomic E-state index is 0.106. The standard InChI is InChI=1S/C44H62F2N4O9S/c1-8-28-35(59-39-32(14-12-10-11-13-26-15-16-26)47-31-18-17-27(58-9-2)21-33(31)48-39)25-50(40(53)29(42(3,4)5)22-36(52)57-7)37(28)34(51)24-44(23-30(44)38(45)46)41(54)49-60(55,56)43(6)19-20-43/h17-18,21,26,28-30,35,37-38H,8-16,19-20,22-25H2,1-7H3,(H,49,54)/t28-,29-,30+,35+,37+,44-/m1/s1. The Hall–Kier alpha value is -3.95. The van der Waals surface area contributed by atoms with Crippen LogP contribution in [0.1, 0.15) is 124 Å². The topological polar surface area (TPSA) is 171 Å². The lowest BCUT2D eigenvalue weighted by Gasteiger charge is -2.35. The van der Waals surface area contributed by atoms with Gasteiger partial charge in [-0.2, -0.15) is 0 Å². The van der Waals surface area contributed by atoms with Crippen LogP contribution in [0.5, 0.6) is 11.6 Å². The molecule has 1 aromatic carbocycles. The number of halogens is 2. The molecule has 0 bridgehead atoms. The van der Waals surface area contributed by atoms with Gasteiger partial charge in [0.25, 0.3) is 0 Å². The normalized spacial score (nSPS) is 25.2. The summed E-state index contributed by atoms with van der Waals surface area (Å²) in [6, 6.07) is 4.20. The molecule has 2 amide bonds. The zero-order valence-electron chi connectivity index (χ0n) is 36.1. The van der Waals surface area contributed by atoms with Gasteiger partial charge in [0.15, 0.2) is 5.78 Å². The maximum Gasteiger partial charge on any atom is 0.306 e. The number of benzene rings is 1. The van der Waals surface area contributed by atoms with Crippen LogP contribution in [0.15, 0.2) is 18.2 Å². The minimum atomic E-state index is -4.20. The van der Waals surface area contributed by atoms with Crippen molar-refractivity contribution in [3.05, 3.63) is 23.9 Å². The van der Waals surface area contributed by atoms with E-state index in [4.69, 9.17) is 24.2 Å². The van der Waals surface area contributed by atoms with Gasteiger partial charge in [0.1, 0.15) is 17.5 Å². The van der Waals surface area contributed by atoms with Crippen LogP contribution < -0.4 is 14.2 Å². The molecule has 4 aliphatic rings. The maximum absolute atomic E-state index is 14.8. The van der Waals surface area contributed by atoms with Crippen molar-refractivity contribution in [1.82, 2.24) is 19.6 Å². The number of ether oxygens (including phenoxy) is 3. The Bertz CT molecular complexity index is 2050. The summed E-state index contributed by atoms with van der Waals surface area (Å²) in [5.41, 5.74) is -0.963. The molecule has 6 rings (SSSR count). The van der Waals surface area contributed by atoms with E-state index in [1.54, 1.807) is 26.8 Å². The van der Waals surface area contributed by atoms with Crippen LogP contribution in [-0.4, -0.2) is 90.4 Å². The van der Waals surface area contributed by atoms with E-state index in [-0.39, 0.29) is 25.3 Å². The van der Waals surface area contributed by atoms with Gasteiger partial charge in [-0.05, 0) is 75.8 Å². The van der Waals surface area contributed by atoms with Gasteiger partial charge < -0.3 is 19.1 Å². The summed E-state index contributed by atoms with van der Waals surface area (Å²) in [6.45, 7) is 10.9. The number of rotatable bonds is 21. The van der Waals surface area contributed by atoms with Gasteiger partial charge in [-0.25, -0.2) is 27.2 Å². The zero-order chi connectivity index (χ0) is 43.8. The number of nitrogens with zero attached hydrogens (tertiary/aromatic N) is 3. The van der Waals surface area contributed by atoms with Crippen molar-refractivity contribution < 1.29 is 50.6 Å². The van der Waals surface area contributed by atoms with Gasteiger partial charge in [0.2, 0.25) is 34.1 Å². The van der Waals surface area contributed by atoms with Crippen LogP contribution in [-0.2, 0) is 40.4 Å². The number of Topliss-reactive ketones (excluding diaryl/α,β-unsaturated/α-hetero) is 1. The summed E-state index contributed by atoms with van der Waals surface area (Å²) < 4.78 is 73.4. The fourth-order valence-corrected chi connectivity index (χ4v) is 10.1. The molecule has 60 heavy (non-hydrogen) atoms. The Kier molecular flexibility index (Phi) is 13.5. The van der Waals surface area contributed by atoms with Crippen molar-refractivity contribution in [2.75, 3.05) is 20.3 Å². The van der Waals surface area contributed by atoms with Gasteiger partial charge in [0, 0.05) is 24.3 Å². The second-order valence-corrected chi connectivity index (χ2v) is 21.0. The van der Waals surface area contributed by atoms with Gasteiger partial charge in [-0.1, -0.05) is 59.8 Å². The monoisotopic (exact) mass is 860 g/mol. The van der Waals surface area contributed by atoms with Gasteiger partial charge >= 0.3 is 5.97 Å². The Morgan fingerprint density at radius 2 is 1.75 bits per heavy atom. The average Bonchev–Trinajstić information content (AvgIpc) is 4.12. The molecule has 0 unspecified atom stereocenters. The van der Waals surface area contributed by atoms with E-state index in [0.29, 0.717) is 54.8 Å². The molecule has 16 heteroatoms. The van der Waals surface area contributed by atoms with Crippen molar-refractivity contribution in [3.63, 3.8) is 0 Å². The fourth-order valence-electron chi connectivity index (χ4n) is 8.78. The number of hydrogen-bond donors (Lipinski definition) is 1. The molecule has 13 nitrogen and oxygen atoms in total. The number of likely N-dealkylation sites (tertiary alicyclic amines) is 1. The number of sulfonamides is 1. The van der Waals surface area contributed by atoms with Crippen molar-refractivity contribution in [2.45, 2.75) is 148 Å². The van der Waals surface area contributed by atoms with Crippen LogP contribution in [0.3, 0.4) is 0 Å². The third-order valence-corrected chi connectivity index (χ3v) is 15.5. The molecule has 1 aromatic heterocycles. The lowest BCUT2D eigenvalue weighted by atomic mass is 9.77. The van der Waals surface area contributed by atoms with E-state index in [2.05, 4.69) is 0 Å². The van der Waals surface area contributed by atoms with Crippen molar-refractivity contribution in [1.29, 1.82) is 0 Å². The highest BCUT2D eigenvalue weighted by Crippen LogP contribution is 2.59. The van der Waals surface area contributed by atoms with Crippen molar-refractivity contribution in [3.8, 4) is 11.6 Å². The first kappa shape index (κ1) is 45.6. The average molecular weight is 861 g/mol. The van der Waals surface area contributed by atoms with E-state index < -0.39 is 91.9 Å². The SMILES string of the molecule is CCOc1ccc2nc(CCCCCC3CC3)c(O[C@H]3CN(C(=O)[C@@H](CC(=O)OC)C(C)(C)C)[C@H](C(=O)C[C@]4(C(=O)NS(=O)(=O)C5(C)CC5)C[C@H]4C(F)F)[C@@H]3CC)nc2c1. The minimum Gasteiger partial charge on any atom is -0.494 e. The van der Waals surface area contributed by atoms with Crippen molar-refractivity contribution in [2.24, 2.45) is 34.5 Å². The molecule has 1 N–H and O–H groups in total. The summed E-state index contributed by atoms with van der Waals surface area (Å²) in [4.78, 5) is 67.3. The first-order chi connectivity index (χ1) is 28.3. The Morgan fingerprint density at radius 3 is 2.33 bits per heavy atom. The lowest BCUT2D eigenvalue weighted by Crippen LogP contribution is -2.50. The largest absolute Gasteiger partial charge is 0.494 e. The third kappa shape index (κ3) is 9.88. The highest BCUT2D eigenvalue weighted by molar-refractivity contribution is 7.91. The molecule has 1 aliphatic heterocycles. The number of aromatic nitrogens is 2. The summed E-state index contributed by atoms with van der Waals surface area (Å²) in [5, 5.41) is 0. The molecule has 6 atom stereocenters. The first-order valence-corrected chi connectivity index (χ1v) is 23.1. The number of alkyl halides is 2. The second kappa shape index (κ2) is 17.8. The number of ketones is 1. The predicted molar refractivity (Wildman–Crippen MR) is 220 cm³/mol. The van der Waals surface area contributed by atoms with Crippen LogP contribution in [0.25, 0.3) is 11.0 Å². The molecule has 2 heterocycles. The number of nitrogens with one attached hydrogen (secondary N) is 1. The van der Waals surface area contributed by atoms with Gasteiger partial charge in [0.05, 0.1) is 59.8 Å². The summed E-state index contributed by atoms with van der Waals surface area (Å²) in [6.07, 6.45) is 3.06. The summed E-state index contributed by atoms with van der Waals surface area (Å²) in [7, 11) is -2.98. The van der Waals surface area contributed by atoms with Gasteiger partial charge in [-0.15, -0.1) is 0 Å². The number of methoxy groups -OCH3 is 1. The predicted octanol–water partition coefficient (Wildman–Crippen LogP) is 6.98. The van der Waals surface area contributed by atoms with Gasteiger partial charge in [-0.3, -0.25) is 23.9 Å². The Labute approximate surface area is 352 Å². The maximum atomic E-state index is 14.8. The van der Waals surface area contributed by atoms with Crippen molar-refractivity contribution >= 4 is 44.6 Å². The van der Waals surface area contributed by atoms with Crippen LogP contribution >= 0.6 is 0 Å². The summed E-state index contributed by atoms with van der Waals surface area (Å²) in [5.74, 6) is -4.47. The second-order valence-electron chi connectivity index (χ2n) is 18.8. The molecule has 332 valence electrons. The molecule has 3 saturated carbocycles. The van der Waals surface area contributed by atoms with E-state index >= 15 is 0 Å². The van der Waals surface area contributed by atoms with E-state index in [0.717, 1.165) is 25.2 Å². The van der Waals surface area contributed by atoms with E-state index in [1.807, 2.05) is 30.7 Å². The lowest BCUT2D eigenvalue weighted by molar-refractivity contribution is -0.152. The van der Waals surface area contributed by atoms with E-state index in [1.165, 1.54) is 38.2 Å². The van der Waals surface area contributed by atoms with Crippen LogP contribution in [0.4, 0.5) is 8.78 Å². The molecule has 0 radical (unpaired) electrons. The summed E-state index contributed by atoms with van der Waals surface area (Å²) >= 11 is 0. The number of carbonyl (C=O) groups is 4. The van der Waals surface area contributed by atoms with Crippen LogP contribution in [0, 0.1) is 34.5 Å². The number of hydrogen-bond acceptors (Lipinski definition) is 11. The highest BCUT2D eigenvalue weighted by atomic mass is 32.2. The molecule has 0 spiro atoms. The number of amides is 2. The third-order valence-electron chi connectivity index (χ3n) is 13.3. The Balaban J connectivity index is 1.35. The van der Waals surface area contributed by atoms with E-state index in [9.17, 15) is 36.4 Å². The molecule has 4 fully saturated rings. The number of esters is 1. The van der Waals surface area contributed by atoms with Crippen LogP contribution in [0.2, 0.25) is 0 Å². The molecule has 2 aromatic rings. The first-order valence-electron chi connectivity index (χ1n) is 21.6.